The van der Waals surface area contributed by atoms with Crippen molar-refractivity contribution in [3.8, 4) is 23.0 Å². The topological polar surface area (TPSA) is 119 Å². The van der Waals surface area contributed by atoms with Crippen LogP contribution in [0.15, 0.2) is 95.1 Å². The number of phenolic OH excluding ortho intramolecular Hbond substituents is 1. The Morgan fingerprint density at radius 3 is 2.31 bits per heavy atom. The van der Waals surface area contributed by atoms with Crippen molar-refractivity contribution in [3.05, 3.63) is 112 Å². The minimum Gasteiger partial charge on any atom is -0.504 e. The number of para-hydroxylation sites is 1. The molecule has 1 N–H and O–H groups in total. The third kappa shape index (κ3) is 5.17. The van der Waals surface area contributed by atoms with Crippen molar-refractivity contribution in [2.45, 2.75) is 25.7 Å². The number of carbonyl (C=O) groups excluding carboxylic acids is 4. The third-order valence-electron chi connectivity index (χ3n) is 10.2. The number of rotatable bonds is 7. The number of amides is 2. The first-order chi connectivity index (χ1) is 23.7. The summed E-state index contributed by atoms with van der Waals surface area (Å²) in [5.41, 5.74) is 4.29. The maximum atomic E-state index is 14.3. The summed E-state index contributed by atoms with van der Waals surface area (Å²) >= 11 is 0. The predicted octanol–water partition coefficient (Wildman–Crippen LogP) is 6.22. The summed E-state index contributed by atoms with van der Waals surface area (Å²) in [5, 5.41) is 11.3. The van der Waals surface area contributed by atoms with E-state index in [4.69, 9.17) is 14.2 Å². The van der Waals surface area contributed by atoms with Gasteiger partial charge in [0, 0.05) is 33.8 Å². The summed E-state index contributed by atoms with van der Waals surface area (Å²) in [4.78, 5) is 56.6. The van der Waals surface area contributed by atoms with E-state index in [0.717, 1.165) is 16.7 Å². The summed E-state index contributed by atoms with van der Waals surface area (Å²) in [6, 6.07) is 17.7. The van der Waals surface area contributed by atoms with E-state index in [1.54, 1.807) is 51.5 Å². The van der Waals surface area contributed by atoms with Crippen LogP contribution >= 0.6 is 0 Å². The smallest absolute Gasteiger partial charge is 0.238 e. The van der Waals surface area contributed by atoms with Gasteiger partial charge in [-0.05, 0) is 73.7 Å². The minimum absolute atomic E-state index is 0.132. The number of aromatic hydroxyl groups is 1. The zero-order valence-electron chi connectivity index (χ0n) is 27.6. The van der Waals surface area contributed by atoms with Crippen molar-refractivity contribution in [2.24, 2.45) is 17.8 Å². The molecule has 1 aliphatic heterocycles. The number of anilines is 1. The number of phenols is 1. The lowest BCUT2D eigenvalue weighted by atomic mass is 9.59. The quantitative estimate of drug-likeness (QED) is 0.138. The molecule has 9 heteroatoms. The van der Waals surface area contributed by atoms with Gasteiger partial charge < -0.3 is 19.3 Å². The molecule has 7 rings (SSSR count). The third-order valence-corrected chi connectivity index (χ3v) is 10.2. The van der Waals surface area contributed by atoms with Crippen molar-refractivity contribution in [1.29, 1.82) is 0 Å². The molecule has 49 heavy (non-hydrogen) atoms. The molecule has 1 fully saturated rings. The first-order valence-electron chi connectivity index (χ1n) is 16.1. The van der Waals surface area contributed by atoms with E-state index in [2.05, 4.69) is 0 Å². The second kappa shape index (κ2) is 12.4. The van der Waals surface area contributed by atoms with Gasteiger partial charge in [-0.15, -0.1) is 0 Å². The minimum atomic E-state index is -0.767. The summed E-state index contributed by atoms with van der Waals surface area (Å²) < 4.78 is 16.2. The molecule has 3 aromatic carbocycles. The lowest BCUT2D eigenvalue weighted by Gasteiger charge is -2.42. The van der Waals surface area contributed by atoms with E-state index in [1.165, 1.54) is 18.1 Å². The Morgan fingerprint density at radius 1 is 0.837 bits per heavy atom. The second-order valence-corrected chi connectivity index (χ2v) is 12.7. The van der Waals surface area contributed by atoms with Crippen molar-refractivity contribution in [3.63, 3.8) is 0 Å². The number of benzene rings is 3. The maximum absolute atomic E-state index is 14.3. The van der Waals surface area contributed by atoms with Gasteiger partial charge in [0.15, 0.2) is 23.1 Å². The Balaban J connectivity index is 1.22. The van der Waals surface area contributed by atoms with Gasteiger partial charge in [-0.1, -0.05) is 48.1 Å². The molecule has 0 radical (unpaired) electrons. The van der Waals surface area contributed by atoms with E-state index in [1.807, 2.05) is 48.6 Å². The number of carbonyl (C=O) groups is 4. The van der Waals surface area contributed by atoms with Crippen LogP contribution < -0.4 is 19.1 Å². The summed E-state index contributed by atoms with van der Waals surface area (Å²) in [7, 11) is 4.64. The van der Waals surface area contributed by atoms with Gasteiger partial charge >= 0.3 is 0 Å². The molecule has 0 aromatic heterocycles. The van der Waals surface area contributed by atoms with Crippen molar-refractivity contribution in [1.82, 2.24) is 0 Å². The highest BCUT2D eigenvalue weighted by Gasteiger charge is 2.56. The molecule has 0 unspecified atom stereocenters. The van der Waals surface area contributed by atoms with Crippen LogP contribution in [0.4, 0.5) is 5.69 Å². The molecule has 9 nitrogen and oxygen atoms in total. The van der Waals surface area contributed by atoms with Gasteiger partial charge in [0.25, 0.3) is 0 Å². The van der Waals surface area contributed by atoms with Crippen LogP contribution in [0.5, 0.6) is 23.0 Å². The number of methoxy groups -OCH3 is 3. The number of imide groups is 1. The van der Waals surface area contributed by atoms with Gasteiger partial charge in [-0.3, -0.25) is 24.1 Å². The zero-order valence-corrected chi connectivity index (χ0v) is 27.6. The molecule has 4 atom stereocenters. The highest BCUT2D eigenvalue weighted by atomic mass is 16.5. The summed E-state index contributed by atoms with van der Waals surface area (Å²) in [6.45, 7) is 1.61. The zero-order chi connectivity index (χ0) is 34.6. The Hall–Kier alpha value is -5.70. The lowest BCUT2D eigenvalue weighted by molar-refractivity contribution is -0.123. The van der Waals surface area contributed by atoms with E-state index < -0.39 is 23.7 Å². The average molecular weight is 658 g/mol. The maximum Gasteiger partial charge on any atom is 0.238 e. The van der Waals surface area contributed by atoms with Crippen molar-refractivity contribution >= 4 is 41.2 Å². The van der Waals surface area contributed by atoms with Crippen molar-refractivity contribution < 1.29 is 38.5 Å². The number of hydrogen-bond donors (Lipinski definition) is 1. The molecule has 248 valence electrons. The molecule has 1 heterocycles. The Morgan fingerprint density at radius 2 is 1.59 bits per heavy atom. The average Bonchev–Trinajstić information content (AvgIpc) is 3.38. The summed E-state index contributed by atoms with van der Waals surface area (Å²) in [5.74, 6) is -2.32. The molecular formula is C40H35NO8. The largest absolute Gasteiger partial charge is 0.504 e. The SMILES string of the molecule is COc1ccc(OC)c(C=Cc2ccc(N3C(=O)[C@H]4[C@H](CC=C5[C@H](c6cccc(OC)c6O)C6=C(C[C@H]54)C(=O)C=C(C)C6=O)C3=O)cc2)c1. The van der Waals surface area contributed by atoms with E-state index in [9.17, 15) is 24.3 Å². The molecular weight excluding hydrogens is 622 g/mol. The highest BCUT2D eigenvalue weighted by molar-refractivity contribution is 6.25. The van der Waals surface area contributed by atoms with E-state index in [-0.39, 0.29) is 41.3 Å². The normalized spacial score (nSPS) is 23.2. The molecule has 3 aliphatic carbocycles. The van der Waals surface area contributed by atoms with E-state index >= 15 is 0 Å². The Kier molecular flexibility index (Phi) is 8.06. The Bertz CT molecular complexity index is 2050. The van der Waals surface area contributed by atoms with Crippen LogP contribution in [0.25, 0.3) is 12.2 Å². The fraction of sp³-hybridized carbons (Fsp3) is 0.250. The molecule has 3 aromatic rings. The number of allylic oxidation sites excluding steroid dienone is 6. The monoisotopic (exact) mass is 657 g/mol. The predicted molar refractivity (Wildman–Crippen MR) is 183 cm³/mol. The fourth-order valence-electron chi connectivity index (χ4n) is 7.80. The first kappa shape index (κ1) is 31.9. The lowest BCUT2D eigenvalue weighted by Crippen LogP contribution is -2.39. The standard InChI is InChI=1S/C40H35NO8/c1-21-18-31(42)30-20-29-26(34(36(30)37(21)43)27-6-5-7-33(49-4)38(27)44)15-16-28-35(29)40(46)41(39(28)45)24-12-9-22(10-13-24)8-11-23-19-25(47-2)14-17-32(23)48-3/h5-15,17-19,28-29,34-35,44H,16,20H2,1-4H3/t28-,29+,34+,35-/m0/s1. The van der Waals surface area contributed by atoms with Gasteiger partial charge in [-0.25, -0.2) is 0 Å². The number of hydrogen-bond acceptors (Lipinski definition) is 8. The van der Waals surface area contributed by atoms with Crippen LogP contribution in [0, 0.1) is 17.8 Å². The molecule has 0 saturated carbocycles. The van der Waals surface area contributed by atoms with Gasteiger partial charge in [0.1, 0.15) is 11.5 Å². The highest BCUT2D eigenvalue weighted by Crippen LogP contribution is 2.57. The fourth-order valence-corrected chi connectivity index (χ4v) is 7.80. The molecule has 0 bridgehead atoms. The molecule has 4 aliphatic rings. The number of Topliss-reactive ketones (excluding diaryl/α,β-unsaturated/α-hetero) is 1. The molecule has 2 amide bonds. The Labute approximate surface area is 283 Å². The number of ether oxygens (including phenoxy) is 3. The van der Waals surface area contributed by atoms with Crippen LogP contribution in [0.1, 0.15) is 42.4 Å². The van der Waals surface area contributed by atoms with Gasteiger partial charge in [0.2, 0.25) is 11.8 Å². The number of nitrogens with zero attached hydrogens (tertiary/aromatic N) is 1. The second-order valence-electron chi connectivity index (χ2n) is 12.7. The van der Waals surface area contributed by atoms with Gasteiger partial charge in [-0.2, -0.15) is 0 Å². The summed E-state index contributed by atoms with van der Waals surface area (Å²) in [6.07, 6.45) is 7.53. The van der Waals surface area contributed by atoms with E-state index in [0.29, 0.717) is 45.9 Å². The first-order valence-corrected chi connectivity index (χ1v) is 16.1. The van der Waals surface area contributed by atoms with Crippen LogP contribution in [-0.2, 0) is 19.2 Å². The molecule has 1 saturated heterocycles. The van der Waals surface area contributed by atoms with Gasteiger partial charge in [0.05, 0.1) is 38.9 Å². The van der Waals surface area contributed by atoms with Crippen molar-refractivity contribution in [2.75, 3.05) is 26.2 Å². The molecule has 0 spiro atoms. The van der Waals surface area contributed by atoms with Crippen LogP contribution in [0.3, 0.4) is 0 Å². The number of ketones is 2. The van der Waals surface area contributed by atoms with Crippen LogP contribution in [0.2, 0.25) is 0 Å². The van der Waals surface area contributed by atoms with Crippen LogP contribution in [-0.4, -0.2) is 49.8 Å². The number of fused-ring (bicyclic) bond motifs is 3.